The lowest BCUT2D eigenvalue weighted by molar-refractivity contribution is -0.152. The standard InChI is InChI=1S/C35H45F3N6O5/c1-21(49-17-23-8-10-35(37,38)11-9-23)28(29(39)45)41-30(46)27-16-42(18-34(27)19-43(20-34)32(48)26-12-33(26,2)3)31(47)24-13-40-44(15-24)14-22-4-6-25(36)7-5-22/h4-7,13,15,21,23,26-28H,8-12,14,16-20H2,1-3H3,(H2,39,45)(H,41,46)/t21-,26-,27+,28+/m1/s1. The fourth-order valence-electron chi connectivity index (χ4n) is 7.63. The van der Waals surface area contributed by atoms with Gasteiger partial charge in [0.25, 0.3) is 5.91 Å². The van der Waals surface area contributed by atoms with Gasteiger partial charge in [-0.3, -0.25) is 23.9 Å². The van der Waals surface area contributed by atoms with Crippen molar-refractivity contribution in [3.8, 4) is 0 Å². The van der Waals surface area contributed by atoms with E-state index in [1.165, 1.54) is 18.3 Å². The molecule has 3 heterocycles. The number of hydrogen-bond acceptors (Lipinski definition) is 6. The number of benzene rings is 1. The lowest BCUT2D eigenvalue weighted by Crippen LogP contribution is -2.65. The lowest BCUT2D eigenvalue weighted by Gasteiger charge is -2.50. The van der Waals surface area contributed by atoms with E-state index in [1.807, 2.05) is 13.8 Å². The van der Waals surface area contributed by atoms with Crippen molar-refractivity contribution in [3.05, 3.63) is 53.6 Å². The van der Waals surface area contributed by atoms with Gasteiger partial charge in [-0.1, -0.05) is 26.0 Å². The second-order valence-electron chi connectivity index (χ2n) is 15.3. The van der Waals surface area contributed by atoms with Crippen molar-refractivity contribution in [2.75, 3.05) is 32.8 Å². The lowest BCUT2D eigenvalue weighted by atomic mass is 9.70. The predicted molar refractivity (Wildman–Crippen MR) is 171 cm³/mol. The van der Waals surface area contributed by atoms with Crippen LogP contribution in [0.3, 0.4) is 0 Å². The number of rotatable bonds is 11. The molecule has 49 heavy (non-hydrogen) atoms. The average Bonchev–Trinajstić information content (AvgIpc) is 3.34. The Bertz CT molecular complexity index is 1580. The number of nitrogens with two attached hydrogens (primary N) is 1. The van der Waals surface area contributed by atoms with E-state index in [1.54, 1.807) is 39.7 Å². The van der Waals surface area contributed by atoms with Crippen LogP contribution in [0.1, 0.15) is 68.8 Å². The quantitative estimate of drug-likeness (QED) is 0.372. The normalized spacial score (nSPS) is 25.0. The van der Waals surface area contributed by atoms with Gasteiger partial charge in [0.15, 0.2) is 0 Å². The first-order valence-corrected chi connectivity index (χ1v) is 17.0. The number of alkyl halides is 2. The Morgan fingerprint density at radius 2 is 1.67 bits per heavy atom. The summed E-state index contributed by atoms with van der Waals surface area (Å²) in [5.41, 5.74) is 6.05. The van der Waals surface area contributed by atoms with Crippen molar-refractivity contribution >= 4 is 23.6 Å². The first kappa shape index (κ1) is 34.9. The molecule has 14 heteroatoms. The molecule has 0 radical (unpaired) electrons. The van der Waals surface area contributed by atoms with Gasteiger partial charge in [0.05, 0.1) is 30.3 Å². The zero-order valence-corrected chi connectivity index (χ0v) is 28.2. The van der Waals surface area contributed by atoms with Crippen LogP contribution in [0.25, 0.3) is 0 Å². The van der Waals surface area contributed by atoms with Crippen molar-refractivity contribution in [1.82, 2.24) is 24.9 Å². The first-order valence-electron chi connectivity index (χ1n) is 17.0. The second-order valence-corrected chi connectivity index (χ2v) is 15.3. The van der Waals surface area contributed by atoms with Crippen molar-refractivity contribution in [2.45, 2.75) is 77.5 Å². The van der Waals surface area contributed by atoms with Crippen LogP contribution < -0.4 is 11.1 Å². The number of aromatic nitrogens is 2. The monoisotopic (exact) mass is 686 g/mol. The van der Waals surface area contributed by atoms with E-state index >= 15 is 0 Å². The Labute approximate surface area is 283 Å². The third kappa shape index (κ3) is 7.48. The second kappa shape index (κ2) is 13.1. The van der Waals surface area contributed by atoms with Crippen molar-refractivity contribution < 1.29 is 37.1 Å². The molecule has 4 amide bonds. The van der Waals surface area contributed by atoms with Gasteiger partial charge in [-0.05, 0) is 55.2 Å². The summed E-state index contributed by atoms with van der Waals surface area (Å²) >= 11 is 0. The van der Waals surface area contributed by atoms with Gasteiger partial charge < -0.3 is 25.6 Å². The highest BCUT2D eigenvalue weighted by Gasteiger charge is 2.62. The molecule has 2 aliphatic heterocycles. The maximum Gasteiger partial charge on any atom is 0.257 e. The van der Waals surface area contributed by atoms with E-state index in [9.17, 15) is 32.3 Å². The molecule has 2 aromatic rings. The summed E-state index contributed by atoms with van der Waals surface area (Å²) in [5, 5.41) is 7.07. The number of likely N-dealkylation sites (tertiary alicyclic amines) is 2. The molecule has 0 unspecified atom stereocenters. The van der Waals surface area contributed by atoms with E-state index in [-0.39, 0.29) is 67.4 Å². The number of halogens is 3. The molecule has 266 valence electrons. The van der Waals surface area contributed by atoms with Crippen molar-refractivity contribution in [1.29, 1.82) is 0 Å². The highest BCUT2D eigenvalue weighted by Crippen LogP contribution is 2.54. The number of nitrogens with zero attached hydrogens (tertiary/aromatic N) is 4. The van der Waals surface area contributed by atoms with Crippen LogP contribution in [-0.4, -0.2) is 94.1 Å². The Balaban J connectivity index is 1.13. The summed E-state index contributed by atoms with van der Waals surface area (Å²) < 4.78 is 48.0. The van der Waals surface area contributed by atoms with E-state index in [2.05, 4.69) is 10.4 Å². The van der Waals surface area contributed by atoms with Gasteiger partial charge in [0.1, 0.15) is 11.9 Å². The molecule has 1 aromatic heterocycles. The molecule has 4 aliphatic rings. The van der Waals surface area contributed by atoms with E-state index in [0.29, 0.717) is 38.0 Å². The third-order valence-corrected chi connectivity index (χ3v) is 11.0. The van der Waals surface area contributed by atoms with Crippen molar-refractivity contribution in [2.24, 2.45) is 34.3 Å². The number of carbonyl (C=O) groups is 4. The van der Waals surface area contributed by atoms with E-state index in [0.717, 1.165) is 12.0 Å². The molecule has 11 nitrogen and oxygen atoms in total. The summed E-state index contributed by atoms with van der Waals surface area (Å²) in [6.07, 6.45) is 3.23. The summed E-state index contributed by atoms with van der Waals surface area (Å²) in [4.78, 5) is 56.8. The number of hydrogen-bond donors (Lipinski definition) is 2. The average molecular weight is 687 g/mol. The highest BCUT2D eigenvalue weighted by atomic mass is 19.3. The van der Waals surface area contributed by atoms with Gasteiger partial charge in [-0.25, -0.2) is 13.2 Å². The van der Waals surface area contributed by atoms with Crippen molar-refractivity contribution in [3.63, 3.8) is 0 Å². The van der Waals surface area contributed by atoms with E-state index < -0.39 is 41.2 Å². The van der Waals surface area contributed by atoms with Gasteiger partial charge in [0, 0.05) is 63.2 Å². The van der Waals surface area contributed by atoms with Gasteiger partial charge >= 0.3 is 0 Å². The summed E-state index contributed by atoms with van der Waals surface area (Å²) in [5.74, 6) is -5.47. The SMILES string of the molecule is C[C@@H](OCC1CCC(F)(F)CC1)[C@H](NC(=O)[C@@H]1CN(C(=O)c2cnn(Cc3ccc(F)cc3)c2)CC12CN(C(=O)[C@H]1CC1(C)C)C2)C(N)=O. The first-order chi connectivity index (χ1) is 23.1. The third-order valence-electron chi connectivity index (χ3n) is 11.0. The summed E-state index contributed by atoms with van der Waals surface area (Å²) in [6, 6.07) is 4.80. The molecule has 0 bridgehead atoms. The predicted octanol–water partition coefficient (Wildman–Crippen LogP) is 3.22. The molecular weight excluding hydrogens is 641 g/mol. The molecule has 2 saturated heterocycles. The molecule has 4 fully saturated rings. The minimum absolute atomic E-state index is 0.0409. The van der Waals surface area contributed by atoms with Crippen LogP contribution >= 0.6 is 0 Å². The number of primary amides is 1. The fourth-order valence-corrected chi connectivity index (χ4v) is 7.63. The molecule has 4 atom stereocenters. The number of nitrogens with one attached hydrogen (secondary N) is 1. The topological polar surface area (TPSA) is 140 Å². The van der Waals surface area contributed by atoms with Gasteiger partial charge in [-0.2, -0.15) is 5.10 Å². The molecule has 1 spiro atoms. The maximum absolute atomic E-state index is 14.0. The molecule has 2 saturated carbocycles. The molecule has 6 rings (SSSR count). The Hall–Kier alpha value is -3.94. The van der Waals surface area contributed by atoms with E-state index in [4.69, 9.17) is 10.5 Å². The molecule has 3 N–H and O–H groups in total. The highest BCUT2D eigenvalue weighted by molar-refractivity contribution is 5.95. The zero-order chi connectivity index (χ0) is 35.3. The minimum atomic E-state index is -2.67. The Kier molecular flexibility index (Phi) is 9.31. The summed E-state index contributed by atoms with van der Waals surface area (Å²) in [6.45, 7) is 7.07. The van der Waals surface area contributed by atoms with Crippen LogP contribution in [0.2, 0.25) is 0 Å². The van der Waals surface area contributed by atoms with Crippen LogP contribution in [0.5, 0.6) is 0 Å². The zero-order valence-electron chi connectivity index (χ0n) is 28.2. The Morgan fingerprint density at radius 1 is 1.04 bits per heavy atom. The Morgan fingerprint density at radius 3 is 2.29 bits per heavy atom. The maximum atomic E-state index is 14.0. The minimum Gasteiger partial charge on any atom is -0.376 e. The number of amides is 4. The smallest absolute Gasteiger partial charge is 0.257 e. The summed E-state index contributed by atoms with van der Waals surface area (Å²) in [7, 11) is 0. The molecule has 2 aliphatic carbocycles. The fraction of sp³-hybridized carbons (Fsp3) is 0.629. The number of carbonyl (C=O) groups excluding carboxylic acids is 4. The number of ether oxygens (including phenoxy) is 1. The van der Waals surface area contributed by atoms with Gasteiger partial charge in [-0.15, -0.1) is 0 Å². The van der Waals surface area contributed by atoms with Crippen LogP contribution in [0, 0.1) is 34.4 Å². The van der Waals surface area contributed by atoms with Gasteiger partial charge in [0.2, 0.25) is 23.6 Å². The largest absolute Gasteiger partial charge is 0.376 e. The van der Waals surface area contributed by atoms with Crippen LogP contribution in [0.4, 0.5) is 13.2 Å². The molecular formula is C35H45F3N6O5. The van der Waals surface area contributed by atoms with Crippen LogP contribution in [-0.2, 0) is 25.7 Å². The van der Waals surface area contributed by atoms with Crippen LogP contribution in [0.15, 0.2) is 36.7 Å². The molecule has 1 aromatic carbocycles.